The zero-order valence-electron chi connectivity index (χ0n) is 11.9. The highest BCUT2D eigenvalue weighted by atomic mass is 35.5. The molecule has 1 aromatic rings. The molecule has 1 aliphatic heterocycles. The van der Waals surface area contributed by atoms with Crippen LogP contribution in [0.3, 0.4) is 0 Å². The Labute approximate surface area is 125 Å². The van der Waals surface area contributed by atoms with E-state index in [1.807, 2.05) is 0 Å². The van der Waals surface area contributed by atoms with Crippen molar-refractivity contribution in [2.45, 2.75) is 26.2 Å². The summed E-state index contributed by atoms with van der Waals surface area (Å²) >= 11 is 5.96. The van der Waals surface area contributed by atoms with Gasteiger partial charge in [0.1, 0.15) is 0 Å². The molecule has 1 saturated heterocycles. The largest absolute Gasteiger partial charge is 0.352 e. The molecule has 2 rings (SSSR count). The number of nitrogens with zero attached hydrogens (tertiary/aromatic N) is 2. The highest BCUT2D eigenvalue weighted by Gasteiger charge is 2.15. The highest BCUT2D eigenvalue weighted by Crippen LogP contribution is 2.13. The van der Waals surface area contributed by atoms with Crippen LogP contribution in [0.5, 0.6) is 0 Å². The maximum Gasteiger partial charge on any atom is 0.252 e. The Bertz CT molecular complexity index is 446. The average molecular weight is 296 g/mol. The standard InChI is InChI=1S/C15H22ClN3O/c1-12(11-19-7-3-2-4-8-19)9-18-15(20)13-5-6-17-10-14(13)16/h5-6,10,12H,2-4,7-9,11H2,1H3,(H,18,20). The van der Waals surface area contributed by atoms with Gasteiger partial charge in [0.05, 0.1) is 10.6 Å². The molecule has 1 aromatic heterocycles. The van der Waals surface area contributed by atoms with E-state index in [0.717, 1.165) is 6.54 Å². The van der Waals surface area contributed by atoms with Crippen LogP contribution in [0.2, 0.25) is 5.02 Å². The third kappa shape index (κ3) is 4.46. The average Bonchev–Trinajstić information content (AvgIpc) is 2.46. The summed E-state index contributed by atoms with van der Waals surface area (Å²) in [5, 5.41) is 3.35. The van der Waals surface area contributed by atoms with Gasteiger partial charge < -0.3 is 10.2 Å². The van der Waals surface area contributed by atoms with E-state index in [1.165, 1.54) is 38.5 Å². The Balaban J connectivity index is 1.76. The fourth-order valence-corrected chi connectivity index (χ4v) is 2.77. The van der Waals surface area contributed by atoms with Gasteiger partial charge in [0.25, 0.3) is 5.91 Å². The van der Waals surface area contributed by atoms with Crippen LogP contribution in [0.15, 0.2) is 18.5 Å². The lowest BCUT2D eigenvalue weighted by molar-refractivity contribution is 0.0942. The van der Waals surface area contributed by atoms with E-state index in [9.17, 15) is 4.79 Å². The molecule has 5 heteroatoms. The van der Waals surface area contributed by atoms with Crippen molar-refractivity contribution < 1.29 is 4.79 Å². The molecule has 0 radical (unpaired) electrons. The predicted octanol–water partition coefficient (Wildman–Crippen LogP) is 2.59. The van der Waals surface area contributed by atoms with E-state index in [0.29, 0.717) is 23.0 Å². The summed E-state index contributed by atoms with van der Waals surface area (Å²) in [6, 6.07) is 1.65. The molecule has 4 nitrogen and oxygen atoms in total. The van der Waals surface area contributed by atoms with E-state index in [4.69, 9.17) is 11.6 Å². The Kier molecular flexibility index (Phi) is 5.80. The van der Waals surface area contributed by atoms with E-state index in [2.05, 4.69) is 22.1 Å². The summed E-state index contributed by atoms with van der Waals surface area (Å²) in [4.78, 5) is 18.4. The van der Waals surface area contributed by atoms with Gasteiger partial charge in [-0.05, 0) is 37.9 Å². The molecule has 1 atom stereocenters. The molecule has 0 aliphatic carbocycles. The first-order chi connectivity index (χ1) is 9.66. The smallest absolute Gasteiger partial charge is 0.252 e. The van der Waals surface area contributed by atoms with E-state index in [-0.39, 0.29) is 5.91 Å². The van der Waals surface area contributed by atoms with Crippen LogP contribution >= 0.6 is 11.6 Å². The van der Waals surface area contributed by atoms with Gasteiger partial charge in [-0.1, -0.05) is 24.9 Å². The second kappa shape index (κ2) is 7.60. The second-order valence-electron chi connectivity index (χ2n) is 5.53. The first-order valence-electron chi connectivity index (χ1n) is 7.27. The number of carbonyl (C=O) groups excluding carboxylic acids is 1. The number of hydrogen-bond donors (Lipinski definition) is 1. The summed E-state index contributed by atoms with van der Waals surface area (Å²) in [6.07, 6.45) is 7.02. The Morgan fingerprint density at radius 1 is 1.45 bits per heavy atom. The number of piperidine rings is 1. The van der Waals surface area contributed by atoms with Gasteiger partial charge in [0.2, 0.25) is 0 Å². The Morgan fingerprint density at radius 2 is 2.20 bits per heavy atom. The summed E-state index contributed by atoms with van der Waals surface area (Å²) in [7, 11) is 0. The molecule has 1 fully saturated rings. The molecule has 0 spiro atoms. The second-order valence-corrected chi connectivity index (χ2v) is 5.94. The monoisotopic (exact) mass is 295 g/mol. The molecule has 2 heterocycles. The van der Waals surface area contributed by atoms with Crippen LogP contribution in [-0.4, -0.2) is 42.0 Å². The molecule has 1 unspecified atom stereocenters. The predicted molar refractivity (Wildman–Crippen MR) is 81.0 cm³/mol. The minimum absolute atomic E-state index is 0.122. The molecule has 0 saturated carbocycles. The molecule has 1 N–H and O–H groups in total. The molecule has 110 valence electrons. The molecule has 0 aromatic carbocycles. The first-order valence-corrected chi connectivity index (χ1v) is 7.64. The number of hydrogen-bond acceptors (Lipinski definition) is 3. The van der Waals surface area contributed by atoms with Gasteiger partial charge in [-0.3, -0.25) is 9.78 Å². The summed E-state index contributed by atoms with van der Waals surface area (Å²) in [5.74, 6) is 0.320. The quantitative estimate of drug-likeness (QED) is 0.908. The molecule has 1 amide bonds. The van der Waals surface area contributed by atoms with Crippen LogP contribution in [0, 0.1) is 5.92 Å². The lowest BCUT2D eigenvalue weighted by Gasteiger charge is -2.29. The lowest BCUT2D eigenvalue weighted by atomic mass is 10.1. The summed E-state index contributed by atoms with van der Waals surface area (Å²) in [6.45, 7) is 6.27. The first kappa shape index (κ1) is 15.3. The minimum Gasteiger partial charge on any atom is -0.352 e. The van der Waals surface area contributed by atoms with Crippen LogP contribution in [0.1, 0.15) is 36.5 Å². The van der Waals surface area contributed by atoms with Gasteiger partial charge in [-0.2, -0.15) is 0 Å². The maximum atomic E-state index is 12.0. The number of pyridine rings is 1. The number of rotatable bonds is 5. The van der Waals surface area contributed by atoms with Crippen LogP contribution < -0.4 is 5.32 Å². The van der Waals surface area contributed by atoms with Crippen LogP contribution in [-0.2, 0) is 0 Å². The molecule has 20 heavy (non-hydrogen) atoms. The van der Waals surface area contributed by atoms with Gasteiger partial charge in [-0.25, -0.2) is 0 Å². The third-order valence-corrected chi connectivity index (χ3v) is 3.95. The van der Waals surface area contributed by atoms with Gasteiger partial charge in [-0.15, -0.1) is 0 Å². The molecule has 0 bridgehead atoms. The van der Waals surface area contributed by atoms with Gasteiger partial charge in [0, 0.05) is 25.5 Å². The number of aromatic nitrogens is 1. The van der Waals surface area contributed by atoms with Crippen molar-refractivity contribution in [3.05, 3.63) is 29.0 Å². The van der Waals surface area contributed by atoms with Crippen molar-refractivity contribution in [3.8, 4) is 0 Å². The number of likely N-dealkylation sites (tertiary alicyclic amines) is 1. The molecular weight excluding hydrogens is 274 g/mol. The van der Waals surface area contributed by atoms with E-state index in [1.54, 1.807) is 12.3 Å². The van der Waals surface area contributed by atoms with Crippen molar-refractivity contribution >= 4 is 17.5 Å². The number of nitrogens with one attached hydrogen (secondary N) is 1. The maximum absolute atomic E-state index is 12.0. The Hall–Kier alpha value is -1.13. The zero-order valence-corrected chi connectivity index (χ0v) is 12.7. The van der Waals surface area contributed by atoms with Gasteiger partial charge in [0.15, 0.2) is 0 Å². The molecular formula is C15H22ClN3O. The highest BCUT2D eigenvalue weighted by molar-refractivity contribution is 6.33. The van der Waals surface area contributed by atoms with Crippen molar-refractivity contribution in [1.29, 1.82) is 0 Å². The van der Waals surface area contributed by atoms with E-state index < -0.39 is 0 Å². The number of halogens is 1. The van der Waals surface area contributed by atoms with Crippen LogP contribution in [0.4, 0.5) is 0 Å². The van der Waals surface area contributed by atoms with Crippen LogP contribution in [0.25, 0.3) is 0 Å². The Morgan fingerprint density at radius 3 is 2.90 bits per heavy atom. The van der Waals surface area contributed by atoms with Crippen molar-refractivity contribution in [1.82, 2.24) is 15.2 Å². The number of carbonyl (C=O) groups is 1. The summed E-state index contributed by atoms with van der Waals surface area (Å²) in [5.41, 5.74) is 0.492. The fourth-order valence-electron chi connectivity index (χ4n) is 2.57. The van der Waals surface area contributed by atoms with Crippen molar-refractivity contribution in [2.24, 2.45) is 5.92 Å². The minimum atomic E-state index is -0.122. The van der Waals surface area contributed by atoms with Crippen molar-refractivity contribution in [2.75, 3.05) is 26.2 Å². The lowest BCUT2D eigenvalue weighted by Crippen LogP contribution is -2.38. The van der Waals surface area contributed by atoms with Gasteiger partial charge >= 0.3 is 0 Å². The molecule has 1 aliphatic rings. The normalized spacial score (nSPS) is 17.7. The number of amides is 1. The van der Waals surface area contributed by atoms with E-state index >= 15 is 0 Å². The third-order valence-electron chi connectivity index (χ3n) is 3.65. The zero-order chi connectivity index (χ0) is 14.4. The van der Waals surface area contributed by atoms with Crippen molar-refractivity contribution in [3.63, 3.8) is 0 Å². The topological polar surface area (TPSA) is 45.2 Å². The SMILES string of the molecule is CC(CNC(=O)c1ccncc1Cl)CN1CCCCC1. The summed E-state index contributed by atoms with van der Waals surface area (Å²) < 4.78 is 0. The fraction of sp³-hybridized carbons (Fsp3) is 0.600.